The zero-order valence-corrected chi connectivity index (χ0v) is 15.2. The molecule has 1 saturated heterocycles. The standard InChI is InChI=1S/C19H34O5/c1-2-3-4-5-6-7-8-14-23-18(20)12-9-13-19(21)24-16-17-11-10-15-22-17/h17H,2-16H2,1H3. The second kappa shape index (κ2) is 14.3. The highest BCUT2D eigenvalue weighted by Crippen LogP contribution is 2.12. The normalized spacial score (nSPS) is 17.0. The molecule has 0 aromatic rings. The summed E-state index contributed by atoms with van der Waals surface area (Å²) in [5.74, 6) is -0.474. The summed E-state index contributed by atoms with van der Waals surface area (Å²) < 4.78 is 15.7. The Morgan fingerprint density at radius 3 is 2.25 bits per heavy atom. The monoisotopic (exact) mass is 342 g/mol. The first-order chi connectivity index (χ1) is 11.7. The van der Waals surface area contributed by atoms with Crippen LogP contribution >= 0.6 is 0 Å². The Balaban J connectivity index is 1.85. The van der Waals surface area contributed by atoms with Crippen molar-refractivity contribution in [2.75, 3.05) is 19.8 Å². The molecule has 1 atom stereocenters. The highest BCUT2D eigenvalue weighted by atomic mass is 16.6. The van der Waals surface area contributed by atoms with Gasteiger partial charge in [0, 0.05) is 19.4 Å². The number of ether oxygens (including phenoxy) is 3. The summed E-state index contributed by atoms with van der Waals surface area (Å²) in [4.78, 5) is 23.1. The molecule has 1 unspecified atom stereocenters. The summed E-state index contributed by atoms with van der Waals surface area (Å²) >= 11 is 0. The van der Waals surface area contributed by atoms with Crippen LogP contribution in [0, 0.1) is 0 Å². The molecule has 1 heterocycles. The fraction of sp³-hybridized carbons (Fsp3) is 0.895. The SMILES string of the molecule is CCCCCCCCCOC(=O)CCCC(=O)OCC1CCCO1. The van der Waals surface area contributed by atoms with Crippen LogP contribution in [0.2, 0.25) is 0 Å². The number of hydrogen-bond acceptors (Lipinski definition) is 5. The van der Waals surface area contributed by atoms with Gasteiger partial charge in [-0.15, -0.1) is 0 Å². The van der Waals surface area contributed by atoms with Gasteiger partial charge >= 0.3 is 11.9 Å². The van der Waals surface area contributed by atoms with Crippen molar-refractivity contribution >= 4 is 11.9 Å². The minimum absolute atomic E-state index is 0.0564. The third kappa shape index (κ3) is 11.4. The molecule has 0 N–H and O–H groups in total. The largest absolute Gasteiger partial charge is 0.466 e. The molecule has 5 heteroatoms. The molecule has 140 valence electrons. The van der Waals surface area contributed by atoms with Crippen LogP contribution < -0.4 is 0 Å². The predicted octanol–water partition coefficient (Wildman–Crippen LogP) is 4.17. The number of unbranched alkanes of at least 4 members (excludes halogenated alkanes) is 6. The highest BCUT2D eigenvalue weighted by molar-refractivity contribution is 5.72. The maximum Gasteiger partial charge on any atom is 0.305 e. The predicted molar refractivity (Wildman–Crippen MR) is 92.7 cm³/mol. The Hall–Kier alpha value is -1.10. The highest BCUT2D eigenvalue weighted by Gasteiger charge is 2.17. The van der Waals surface area contributed by atoms with Crippen LogP contribution in [0.3, 0.4) is 0 Å². The number of esters is 2. The lowest BCUT2D eigenvalue weighted by molar-refractivity contribution is -0.147. The van der Waals surface area contributed by atoms with Gasteiger partial charge in [0.15, 0.2) is 0 Å². The average molecular weight is 342 g/mol. The van der Waals surface area contributed by atoms with E-state index in [-0.39, 0.29) is 30.9 Å². The van der Waals surface area contributed by atoms with Crippen LogP contribution in [0.4, 0.5) is 0 Å². The topological polar surface area (TPSA) is 61.8 Å². The molecule has 1 aliphatic heterocycles. The number of hydrogen-bond donors (Lipinski definition) is 0. The van der Waals surface area contributed by atoms with E-state index < -0.39 is 0 Å². The third-order valence-electron chi connectivity index (χ3n) is 4.23. The number of carbonyl (C=O) groups is 2. The fourth-order valence-electron chi connectivity index (χ4n) is 2.73. The van der Waals surface area contributed by atoms with Gasteiger partial charge in [0.25, 0.3) is 0 Å². The van der Waals surface area contributed by atoms with E-state index in [9.17, 15) is 9.59 Å². The fourth-order valence-corrected chi connectivity index (χ4v) is 2.73. The average Bonchev–Trinajstić information content (AvgIpc) is 3.09. The van der Waals surface area contributed by atoms with Crippen LogP contribution in [-0.4, -0.2) is 37.9 Å². The summed E-state index contributed by atoms with van der Waals surface area (Å²) in [6, 6.07) is 0. The van der Waals surface area contributed by atoms with Gasteiger partial charge < -0.3 is 14.2 Å². The van der Waals surface area contributed by atoms with Gasteiger partial charge in [-0.25, -0.2) is 0 Å². The Labute approximate surface area is 146 Å². The molecule has 1 fully saturated rings. The second-order valence-corrected chi connectivity index (χ2v) is 6.51. The number of rotatable bonds is 14. The van der Waals surface area contributed by atoms with E-state index in [1.54, 1.807) is 0 Å². The van der Waals surface area contributed by atoms with Gasteiger partial charge in [-0.1, -0.05) is 45.4 Å². The zero-order valence-electron chi connectivity index (χ0n) is 15.2. The quantitative estimate of drug-likeness (QED) is 0.350. The van der Waals surface area contributed by atoms with Crippen LogP contribution in [-0.2, 0) is 23.8 Å². The lowest BCUT2D eigenvalue weighted by Gasteiger charge is -2.10. The molecule has 0 spiro atoms. The van der Waals surface area contributed by atoms with Crippen LogP contribution in [0.15, 0.2) is 0 Å². The Morgan fingerprint density at radius 2 is 1.58 bits per heavy atom. The van der Waals surface area contributed by atoms with Crippen molar-refractivity contribution in [3.8, 4) is 0 Å². The maximum absolute atomic E-state index is 11.6. The lowest BCUT2D eigenvalue weighted by atomic mass is 10.1. The van der Waals surface area contributed by atoms with E-state index in [1.807, 2.05) is 0 Å². The molecule has 0 aromatic heterocycles. The first-order valence-corrected chi connectivity index (χ1v) is 9.65. The van der Waals surface area contributed by atoms with Gasteiger partial charge in [-0.05, 0) is 25.7 Å². The molecule has 24 heavy (non-hydrogen) atoms. The minimum Gasteiger partial charge on any atom is -0.466 e. The summed E-state index contributed by atoms with van der Waals surface area (Å²) in [7, 11) is 0. The minimum atomic E-state index is -0.259. The Morgan fingerprint density at radius 1 is 0.917 bits per heavy atom. The molecule has 0 saturated carbocycles. The summed E-state index contributed by atoms with van der Waals surface area (Å²) in [5.41, 5.74) is 0. The van der Waals surface area contributed by atoms with Crippen LogP contribution in [0.25, 0.3) is 0 Å². The lowest BCUT2D eigenvalue weighted by Crippen LogP contribution is -2.17. The van der Waals surface area contributed by atoms with E-state index in [1.165, 1.54) is 32.1 Å². The molecular weight excluding hydrogens is 308 g/mol. The molecule has 1 rings (SSSR count). The summed E-state index contributed by atoms with van der Waals surface area (Å²) in [5, 5.41) is 0. The van der Waals surface area contributed by atoms with Gasteiger partial charge in [-0.2, -0.15) is 0 Å². The third-order valence-corrected chi connectivity index (χ3v) is 4.23. The van der Waals surface area contributed by atoms with Gasteiger partial charge in [0.2, 0.25) is 0 Å². The Bertz CT molecular complexity index is 337. The van der Waals surface area contributed by atoms with Gasteiger partial charge in [0.05, 0.1) is 12.7 Å². The van der Waals surface area contributed by atoms with Crippen LogP contribution in [0.5, 0.6) is 0 Å². The zero-order chi connectivity index (χ0) is 17.5. The van der Waals surface area contributed by atoms with E-state index in [2.05, 4.69) is 6.92 Å². The second-order valence-electron chi connectivity index (χ2n) is 6.51. The smallest absolute Gasteiger partial charge is 0.305 e. The molecule has 0 aromatic carbocycles. The molecule has 1 aliphatic rings. The molecular formula is C19H34O5. The van der Waals surface area contributed by atoms with Crippen molar-refractivity contribution in [2.24, 2.45) is 0 Å². The van der Waals surface area contributed by atoms with Gasteiger partial charge in [-0.3, -0.25) is 9.59 Å². The summed E-state index contributed by atoms with van der Waals surface area (Å²) in [6.07, 6.45) is 11.5. The molecule has 5 nitrogen and oxygen atoms in total. The van der Waals surface area contributed by atoms with E-state index in [0.29, 0.717) is 19.6 Å². The molecule has 0 radical (unpaired) electrons. The Kier molecular flexibility index (Phi) is 12.4. The van der Waals surface area contributed by atoms with Crippen molar-refractivity contribution in [3.05, 3.63) is 0 Å². The number of carbonyl (C=O) groups excluding carboxylic acids is 2. The van der Waals surface area contributed by atoms with Crippen molar-refractivity contribution in [1.29, 1.82) is 0 Å². The van der Waals surface area contributed by atoms with Crippen molar-refractivity contribution in [1.82, 2.24) is 0 Å². The van der Waals surface area contributed by atoms with Crippen molar-refractivity contribution in [3.63, 3.8) is 0 Å². The maximum atomic E-state index is 11.6. The first kappa shape index (κ1) is 20.9. The first-order valence-electron chi connectivity index (χ1n) is 9.65. The van der Waals surface area contributed by atoms with E-state index >= 15 is 0 Å². The molecule has 0 amide bonds. The molecule has 0 bridgehead atoms. The van der Waals surface area contributed by atoms with E-state index in [4.69, 9.17) is 14.2 Å². The van der Waals surface area contributed by atoms with Crippen molar-refractivity contribution < 1.29 is 23.8 Å². The van der Waals surface area contributed by atoms with Crippen molar-refractivity contribution in [2.45, 2.75) is 90.1 Å². The summed E-state index contributed by atoms with van der Waals surface area (Å²) in [6.45, 7) is 3.80. The van der Waals surface area contributed by atoms with Gasteiger partial charge in [0.1, 0.15) is 6.61 Å². The van der Waals surface area contributed by atoms with E-state index in [0.717, 1.165) is 32.3 Å². The van der Waals surface area contributed by atoms with Crippen LogP contribution in [0.1, 0.15) is 84.0 Å². The molecule has 0 aliphatic carbocycles.